The molecule has 0 radical (unpaired) electrons. The van der Waals surface area contributed by atoms with Gasteiger partial charge >= 0.3 is 0 Å². The number of piperidine rings is 1. The summed E-state index contributed by atoms with van der Waals surface area (Å²) in [5, 5.41) is 33.2. The highest BCUT2D eigenvalue weighted by Crippen LogP contribution is 2.47. The lowest BCUT2D eigenvalue weighted by Gasteiger charge is -2.37. The van der Waals surface area contributed by atoms with Gasteiger partial charge in [0.2, 0.25) is 11.8 Å². The molecule has 0 saturated carbocycles. The van der Waals surface area contributed by atoms with Crippen LogP contribution in [0.2, 0.25) is 0 Å². The first-order chi connectivity index (χ1) is 24.4. The van der Waals surface area contributed by atoms with E-state index in [9.17, 15) is 24.9 Å². The van der Waals surface area contributed by atoms with Crippen molar-refractivity contribution in [3.8, 4) is 11.5 Å². The Kier molecular flexibility index (Phi) is 11.8. The number of hydrogen-bond donors (Lipinski definition) is 3. The zero-order chi connectivity index (χ0) is 35.0. The molecule has 3 N–H and O–H groups in total. The summed E-state index contributed by atoms with van der Waals surface area (Å²) < 4.78 is 6.18. The number of para-hydroxylation sites is 2. The third-order valence-electron chi connectivity index (χ3n) is 10.7. The third-order valence-corrected chi connectivity index (χ3v) is 10.7. The Morgan fingerprint density at radius 3 is 2.28 bits per heavy atom. The minimum Gasteiger partial charge on any atom is -0.507 e. The molecule has 3 aliphatic rings. The van der Waals surface area contributed by atoms with Gasteiger partial charge in [0, 0.05) is 37.2 Å². The fraction of sp³-hybridized carbons (Fsp3) is 0.429. The van der Waals surface area contributed by atoms with E-state index in [1.807, 2.05) is 66.7 Å². The van der Waals surface area contributed by atoms with E-state index in [2.05, 4.69) is 24.0 Å². The summed E-state index contributed by atoms with van der Waals surface area (Å²) >= 11 is 0. The number of rotatable bonds is 14. The molecule has 2 aliphatic heterocycles. The molecule has 1 aliphatic carbocycles. The van der Waals surface area contributed by atoms with Crippen LogP contribution in [0.15, 0.2) is 102 Å². The number of carbonyl (C=O) groups excluding carboxylic acids is 2. The van der Waals surface area contributed by atoms with Gasteiger partial charge in [-0.3, -0.25) is 19.4 Å². The monoisotopic (exact) mass is 678 g/mol. The molecule has 8 nitrogen and oxygen atoms in total. The van der Waals surface area contributed by atoms with Crippen LogP contribution in [-0.4, -0.2) is 75.4 Å². The largest absolute Gasteiger partial charge is 0.507 e. The van der Waals surface area contributed by atoms with Crippen molar-refractivity contribution < 1.29 is 29.6 Å². The number of phenols is 1. The molecule has 3 aromatic carbocycles. The smallest absolute Gasteiger partial charge is 0.234 e. The predicted molar refractivity (Wildman–Crippen MR) is 194 cm³/mol. The first-order valence-corrected chi connectivity index (χ1v) is 18.2. The molecule has 264 valence electrons. The standard InChI is InChI=1S/C42H50N2O6/c1-2-11-29(24-31-14-9-10-17-37(31)46)18-19-38(47)39-32(28-50-34-15-7-4-8-16-34)25-35-40(36(39)27-45)42(49)44(41(35)48)33-20-22-43(23-21-33)26-30-12-5-3-6-13-30/h3-10,12-17,24,33,35-36,38,40,45-47H,2,11,18-23,25-28H2,1H3/b29-24+/t35-,36+,38-,40-/m1/s1. The molecule has 2 amide bonds. The maximum atomic E-state index is 14.2. The number of likely N-dealkylation sites (tertiary alicyclic amines) is 2. The van der Waals surface area contributed by atoms with Crippen molar-refractivity contribution in [1.29, 1.82) is 0 Å². The van der Waals surface area contributed by atoms with E-state index in [0.717, 1.165) is 49.2 Å². The number of phenolic OH excluding ortho intramolecular Hbond substituents is 1. The van der Waals surface area contributed by atoms with Gasteiger partial charge in [-0.15, -0.1) is 0 Å². The first-order valence-electron chi connectivity index (χ1n) is 18.2. The summed E-state index contributed by atoms with van der Waals surface area (Å²) in [6.45, 7) is 4.34. The summed E-state index contributed by atoms with van der Waals surface area (Å²) in [6.07, 6.45) is 5.46. The molecule has 0 spiro atoms. The van der Waals surface area contributed by atoms with Crippen LogP contribution in [0, 0.1) is 17.8 Å². The minimum atomic E-state index is -0.940. The Morgan fingerprint density at radius 1 is 0.920 bits per heavy atom. The van der Waals surface area contributed by atoms with Crippen LogP contribution in [-0.2, 0) is 16.1 Å². The van der Waals surface area contributed by atoms with Gasteiger partial charge in [0.25, 0.3) is 0 Å². The Labute approximate surface area is 295 Å². The summed E-state index contributed by atoms with van der Waals surface area (Å²) in [6, 6.07) is 26.8. The van der Waals surface area contributed by atoms with Crippen LogP contribution < -0.4 is 4.74 Å². The predicted octanol–water partition coefficient (Wildman–Crippen LogP) is 6.37. The number of imide groups is 1. The van der Waals surface area contributed by atoms with E-state index in [4.69, 9.17) is 4.74 Å². The van der Waals surface area contributed by atoms with Gasteiger partial charge < -0.3 is 20.1 Å². The molecule has 50 heavy (non-hydrogen) atoms. The van der Waals surface area contributed by atoms with E-state index in [1.54, 1.807) is 12.1 Å². The molecule has 0 aromatic heterocycles. The van der Waals surface area contributed by atoms with E-state index < -0.39 is 23.9 Å². The molecule has 0 bridgehead atoms. The summed E-state index contributed by atoms with van der Waals surface area (Å²) in [5.41, 5.74) is 4.49. The van der Waals surface area contributed by atoms with Crippen molar-refractivity contribution in [3.05, 3.63) is 113 Å². The zero-order valence-corrected chi connectivity index (χ0v) is 29.0. The van der Waals surface area contributed by atoms with Gasteiger partial charge in [0.15, 0.2) is 0 Å². The number of carbonyl (C=O) groups is 2. The van der Waals surface area contributed by atoms with Crippen LogP contribution >= 0.6 is 0 Å². The van der Waals surface area contributed by atoms with Gasteiger partial charge in [0.05, 0.1) is 24.5 Å². The maximum Gasteiger partial charge on any atom is 0.234 e. The first kappa shape index (κ1) is 35.6. The number of amides is 2. The van der Waals surface area contributed by atoms with Crippen molar-refractivity contribution in [3.63, 3.8) is 0 Å². The Balaban J connectivity index is 1.22. The van der Waals surface area contributed by atoms with Crippen molar-refractivity contribution in [1.82, 2.24) is 9.80 Å². The molecule has 2 fully saturated rings. The second-order valence-corrected chi connectivity index (χ2v) is 14.0. The second kappa shape index (κ2) is 16.6. The number of ether oxygens (including phenoxy) is 1. The van der Waals surface area contributed by atoms with Gasteiger partial charge in [0.1, 0.15) is 18.1 Å². The number of aliphatic hydroxyl groups excluding tert-OH is 2. The Hall–Kier alpha value is -4.24. The van der Waals surface area contributed by atoms with Crippen molar-refractivity contribution in [2.24, 2.45) is 17.8 Å². The Bertz CT molecular complexity index is 1660. The van der Waals surface area contributed by atoms with Crippen LogP contribution in [0.5, 0.6) is 11.5 Å². The van der Waals surface area contributed by atoms with Crippen molar-refractivity contribution >= 4 is 17.9 Å². The summed E-state index contributed by atoms with van der Waals surface area (Å²) in [4.78, 5) is 32.2. The van der Waals surface area contributed by atoms with Gasteiger partial charge in [-0.05, 0) is 73.4 Å². The molecular formula is C42H50N2O6. The summed E-state index contributed by atoms with van der Waals surface area (Å²) in [5.74, 6) is -1.50. The lowest BCUT2D eigenvalue weighted by Crippen LogP contribution is -2.47. The molecule has 8 heteroatoms. The molecule has 2 saturated heterocycles. The lowest BCUT2D eigenvalue weighted by atomic mass is 9.68. The average Bonchev–Trinajstić information content (AvgIpc) is 3.39. The highest BCUT2D eigenvalue weighted by molar-refractivity contribution is 6.06. The van der Waals surface area contributed by atoms with Crippen molar-refractivity contribution in [2.45, 2.75) is 70.6 Å². The number of allylic oxidation sites excluding steroid dienone is 1. The minimum absolute atomic E-state index is 0.158. The number of benzene rings is 3. The van der Waals surface area contributed by atoms with Crippen LogP contribution in [0.4, 0.5) is 0 Å². The zero-order valence-electron chi connectivity index (χ0n) is 29.0. The van der Waals surface area contributed by atoms with E-state index in [-0.39, 0.29) is 36.8 Å². The fourth-order valence-corrected chi connectivity index (χ4v) is 8.24. The SMILES string of the molecule is CCC/C(=C\c1ccccc1O)CC[C@@H](O)C1=C(COc2ccccc2)C[C@H]2C(=O)N(C3CCN(Cc4ccccc4)CC3)C(=O)[C@H]2[C@H]1CO. The summed E-state index contributed by atoms with van der Waals surface area (Å²) in [7, 11) is 0. The number of hydrogen-bond acceptors (Lipinski definition) is 7. The van der Waals surface area contributed by atoms with Crippen molar-refractivity contribution in [2.75, 3.05) is 26.3 Å². The van der Waals surface area contributed by atoms with E-state index in [0.29, 0.717) is 43.4 Å². The third kappa shape index (κ3) is 8.04. The topological polar surface area (TPSA) is 111 Å². The lowest BCUT2D eigenvalue weighted by molar-refractivity contribution is -0.144. The number of nitrogens with zero attached hydrogens (tertiary/aromatic N) is 2. The number of fused-ring (bicyclic) bond motifs is 1. The average molecular weight is 679 g/mol. The molecule has 2 heterocycles. The second-order valence-electron chi connectivity index (χ2n) is 14.0. The van der Waals surface area contributed by atoms with Gasteiger partial charge in [-0.25, -0.2) is 0 Å². The molecule has 6 rings (SSSR count). The van der Waals surface area contributed by atoms with Gasteiger partial charge in [-0.2, -0.15) is 0 Å². The van der Waals surface area contributed by atoms with Crippen LogP contribution in [0.1, 0.15) is 63.0 Å². The van der Waals surface area contributed by atoms with Gasteiger partial charge in [-0.1, -0.05) is 91.7 Å². The molecule has 0 unspecified atom stereocenters. The maximum absolute atomic E-state index is 14.2. The number of aromatic hydroxyl groups is 1. The van der Waals surface area contributed by atoms with E-state index in [1.165, 1.54) is 10.5 Å². The fourth-order valence-electron chi connectivity index (χ4n) is 8.24. The quantitative estimate of drug-likeness (QED) is 0.134. The number of aliphatic hydroxyl groups is 2. The highest BCUT2D eigenvalue weighted by atomic mass is 16.5. The van der Waals surface area contributed by atoms with Crippen LogP contribution in [0.3, 0.4) is 0 Å². The van der Waals surface area contributed by atoms with E-state index >= 15 is 0 Å². The molecular weight excluding hydrogens is 628 g/mol. The highest BCUT2D eigenvalue weighted by Gasteiger charge is 2.56. The molecule has 4 atom stereocenters. The van der Waals surface area contributed by atoms with Crippen LogP contribution in [0.25, 0.3) is 6.08 Å². The Morgan fingerprint density at radius 2 is 1.60 bits per heavy atom. The molecule has 3 aromatic rings. The normalized spacial score (nSPS) is 22.6.